The Hall–Kier alpha value is -0.890. The SMILES string of the molecule is CC(C)Cc1ccc(C2CC=CC=N2)s1. The predicted molar refractivity (Wildman–Crippen MR) is 67.9 cm³/mol. The standard InChI is InChI=1S/C13H17NS/c1-10(2)9-11-6-7-13(15-11)12-5-3-4-8-14-12/h3-4,6-8,10,12H,5,9H2,1-2H3. The zero-order chi connectivity index (χ0) is 10.7. The molecule has 1 aliphatic heterocycles. The second-order valence-corrected chi connectivity index (χ2v) is 5.58. The molecule has 0 radical (unpaired) electrons. The molecule has 0 saturated heterocycles. The molecule has 0 N–H and O–H groups in total. The van der Waals surface area contributed by atoms with Crippen LogP contribution in [0.25, 0.3) is 0 Å². The Bertz CT molecular complexity index is 374. The quantitative estimate of drug-likeness (QED) is 0.728. The van der Waals surface area contributed by atoms with Gasteiger partial charge in [0.1, 0.15) is 0 Å². The van der Waals surface area contributed by atoms with Crippen molar-refractivity contribution >= 4 is 17.6 Å². The molecule has 80 valence electrons. The fourth-order valence-electron chi connectivity index (χ4n) is 1.76. The number of dihydropyridines is 1. The van der Waals surface area contributed by atoms with Crippen LogP contribution in [0.3, 0.4) is 0 Å². The Balaban J connectivity index is 2.06. The molecule has 1 nitrogen and oxygen atoms in total. The zero-order valence-electron chi connectivity index (χ0n) is 9.31. The summed E-state index contributed by atoms with van der Waals surface area (Å²) in [5.41, 5.74) is 0. The van der Waals surface area contributed by atoms with E-state index < -0.39 is 0 Å². The molecular weight excluding hydrogens is 202 g/mol. The molecule has 0 fully saturated rings. The highest BCUT2D eigenvalue weighted by molar-refractivity contribution is 7.12. The summed E-state index contributed by atoms with van der Waals surface area (Å²) in [6.07, 6.45) is 8.38. The van der Waals surface area contributed by atoms with E-state index in [1.807, 2.05) is 23.6 Å². The minimum atomic E-state index is 0.376. The smallest absolute Gasteiger partial charge is 0.0875 e. The molecule has 0 bridgehead atoms. The van der Waals surface area contributed by atoms with Crippen molar-refractivity contribution in [3.63, 3.8) is 0 Å². The fraction of sp³-hybridized carbons (Fsp3) is 0.462. The van der Waals surface area contributed by atoms with Gasteiger partial charge in [-0.3, -0.25) is 4.99 Å². The Morgan fingerprint density at radius 2 is 2.33 bits per heavy atom. The summed E-state index contributed by atoms with van der Waals surface area (Å²) < 4.78 is 0. The Labute approximate surface area is 95.6 Å². The highest BCUT2D eigenvalue weighted by Gasteiger charge is 2.12. The van der Waals surface area contributed by atoms with Crippen LogP contribution in [0.5, 0.6) is 0 Å². The third-order valence-corrected chi connectivity index (χ3v) is 3.68. The molecule has 0 spiro atoms. The molecule has 1 aromatic rings. The topological polar surface area (TPSA) is 12.4 Å². The maximum atomic E-state index is 4.49. The van der Waals surface area contributed by atoms with Crippen LogP contribution in [0.2, 0.25) is 0 Å². The van der Waals surface area contributed by atoms with Crippen LogP contribution in [-0.4, -0.2) is 6.21 Å². The van der Waals surface area contributed by atoms with Crippen LogP contribution < -0.4 is 0 Å². The van der Waals surface area contributed by atoms with E-state index in [0.29, 0.717) is 6.04 Å². The third kappa shape index (κ3) is 2.78. The molecular formula is C13H17NS. The van der Waals surface area contributed by atoms with Crippen molar-refractivity contribution in [2.45, 2.75) is 32.7 Å². The van der Waals surface area contributed by atoms with Gasteiger partial charge in [-0.05, 0) is 37.0 Å². The summed E-state index contributed by atoms with van der Waals surface area (Å²) in [6.45, 7) is 4.53. The van der Waals surface area contributed by atoms with Gasteiger partial charge in [-0.15, -0.1) is 11.3 Å². The molecule has 0 amide bonds. The molecule has 0 saturated carbocycles. The van der Waals surface area contributed by atoms with Gasteiger partial charge < -0.3 is 0 Å². The lowest BCUT2D eigenvalue weighted by Crippen LogP contribution is -1.94. The summed E-state index contributed by atoms with van der Waals surface area (Å²) in [4.78, 5) is 7.39. The number of aliphatic imine (C=N–C) groups is 1. The summed E-state index contributed by atoms with van der Waals surface area (Å²) in [7, 11) is 0. The van der Waals surface area contributed by atoms with E-state index in [-0.39, 0.29) is 0 Å². The molecule has 1 atom stereocenters. The van der Waals surface area contributed by atoms with Crippen LogP contribution in [0.15, 0.2) is 29.3 Å². The van der Waals surface area contributed by atoms with E-state index in [4.69, 9.17) is 0 Å². The van der Waals surface area contributed by atoms with Gasteiger partial charge in [0.05, 0.1) is 6.04 Å². The maximum Gasteiger partial charge on any atom is 0.0875 e. The number of allylic oxidation sites excluding steroid dienone is 1. The number of hydrogen-bond acceptors (Lipinski definition) is 2. The van der Waals surface area contributed by atoms with Crippen molar-refractivity contribution in [2.75, 3.05) is 0 Å². The lowest BCUT2D eigenvalue weighted by atomic mass is 10.1. The van der Waals surface area contributed by atoms with Gasteiger partial charge in [-0.2, -0.15) is 0 Å². The molecule has 1 unspecified atom stereocenters. The molecule has 15 heavy (non-hydrogen) atoms. The average Bonchev–Trinajstić information content (AvgIpc) is 2.67. The third-order valence-electron chi connectivity index (χ3n) is 2.47. The molecule has 0 aromatic carbocycles. The lowest BCUT2D eigenvalue weighted by Gasteiger charge is -2.09. The predicted octanol–water partition coefficient (Wildman–Crippen LogP) is 4.02. The van der Waals surface area contributed by atoms with Gasteiger partial charge in [0.25, 0.3) is 0 Å². The van der Waals surface area contributed by atoms with Crippen molar-refractivity contribution in [2.24, 2.45) is 10.9 Å². The first-order valence-electron chi connectivity index (χ1n) is 5.52. The summed E-state index contributed by atoms with van der Waals surface area (Å²) >= 11 is 1.92. The molecule has 2 heterocycles. The Morgan fingerprint density at radius 3 is 3.00 bits per heavy atom. The number of hydrogen-bond donors (Lipinski definition) is 0. The molecule has 1 aliphatic rings. The van der Waals surface area contributed by atoms with Crippen molar-refractivity contribution in [3.8, 4) is 0 Å². The van der Waals surface area contributed by atoms with Crippen LogP contribution in [0.1, 0.15) is 36.1 Å². The van der Waals surface area contributed by atoms with E-state index in [1.54, 1.807) is 0 Å². The van der Waals surface area contributed by atoms with E-state index in [2.05, 4.69) is 37.0 Å². The number of nitrogens with zero attached hydrogens (tertiary/aromatic N) is 1. The van der Waals surface area contributed by atoms with E-state index in [0.717, 1.165) is 12.3 Å². The first-order chi connectivity index (χ1) is 7.25. The van der Waals surface area contributed by atoms with Crippen LogP contribution >= 0.6 is 11.3 Å². The van der Waals surface area contributed by atoms with Gasteiger partial charge in [-0.1, -0.05) is 19.9 Å². The maximum absolute atomic E-state index is 4.49. The van der Waals surface area contributed by atoms with E-state index in [9.17, 15) is 0 Å². The van der Waals surface area contributed by atoms with Crippen molar-refractivity contribution < 1.29 is 0 Å². The van der Waals surface area contributed by atoms with E-state index in [1.165, 1.54) is 16.2 Å². The normalized spacial score (nSPS) is 20.1. The summed E-state index contributed by atoms with van der Waals surface area (Å²) in [5, 5.41) is 0. The van der Waals surface area contributed by atoms with Gasteiger partial charge in [0, 0.05) is 16.0 Å². The number of rotatable bonds is 3. The second kappa shape index (κ2) is 4.75. The second-order valence-electron chi connectivity index (χ2n) is 4.38. The van der Waals surface area contributed by atoms with Crippen LogP contribution in [0, 0.1) is 5.92 Å². The molecule has 2 rings (SSSR count). The molecule has 1 aromatic heterocycles. The summed E-state index contributed by atoms with van der Waals surface area (Å²) in [5.74, 6) is 0.742. The lowest BCUT2D eigenvalue weighted by molar-refractivity contribution is 0.654. The first-order valence-corrected chi connectivity index (χ1v) is 6.34. The molecule has 0 aliphatic carbocycles. The monoisotopic (exact) mass is 219 g/mol. The van der Waals surface area contributed by atoms with Gasteiger partial charge in [-0.25, -0.2) is 0 Å². The largest absolute Gasteiger partial charge is 0.284 e. The van der Waals surface area contributed by atoms with Crippen molar-refractivity contribution in [1.29, 1.82) is 0 Å². The number of thiophene rings is 1. The first kappa shape index (κ1) is 10.6. The minimum absolute atomic E-state index is 0.376. The van der Waals surface area contributed by atoms with Crippen LogP contribution in [-0.2, 0) is 6.42 Å². The fourth-order valence-corrected chi connectivity index (χ4v) is 3.04. The minimum Gasteiger partial charge on any atom is -0.284 e. The van der Waals surface area contributed by atoms with Gasteiger partial charge in [0.2, 0.25) is 0 Å². The van der Waals surface area contributed by atoms with E-state index >= 15 is 0 Å². The summed E-state index contributed by atoms with van der Waals surface area (Å²) in [6, 6.07) is 4.87. The zero-order valence-corrected chi connectivity index (χ0v) is 10.1. The van der Waals surface area contributed by atoms with Crippen LogP contribution in [0.4, 0.5) is 0 Å². The van der Waals surface area contributed by atoms with Gasteiger partial charge >= 0.3 is 0 Å². The highest BCUT2D eigenvalue weighted by Crippen LogP contribution is 2.30. The molecule has 2 heteroatoms. The average molecular weight is 219 g/mol. The van der Waals surface area contributed by atoms with Crippen molar-refractivity contribution in [3.05, 3.63) is 34.0 Å². The highest BCUT2D eigenvalue weighted by atomic mass is 32.1. The van der Waals surface area contributed by atoms with Gasteiger partial charge in [0.15, 0.2) is 0 Å². The van der Waals surface area contributed by atoms with Crippen molar-refractivity contribution in [1.82, 2.24) is 0 Å². The Kier molecular flexibility index (Phi) is 3.37. The Morgan fingerprint density at radius 1 is 1.47 bits per heavy atom.